The molecule has 3 heterocycles. The Morgan fingerprint density at radius 2 is 2.15 bits per heavy atom. The Morgan fingerprint density at radius 1 is 1.33 bits per heavy atom. The third-order valence-corrected chi connectivity index (χ3v) is 4.97. The van der Waals surface area contributed by atoms with Gasteiger partial charge in [0.05, 0.1) is 11.2 Å². The van der Waals surface area contributed by atoms with Gasteiger partial charge in [-0.05, 0) is 44.2 Å². The molecule has 0 radical (unpaired) electrons. The molecule has 4 rings (SSSR count). The molecular formula is C21H21N3O3. The molecule has 2 aromatic rings. The summed E-state index contributed by atoms with van der Waals surface area (Å²) in [5, 5.41) is 13.2. The normalized spacial score (nSPS) is 19.9. The van der Waals surface area contributed by atoms with Gasteiger partial charge < -0.3 is 25.6 Å². The van der Waals surface area contributed by atoms with Gasteiger partial charge in [-0.1, -0.05) is 11.8 Å². The van der Waals surface area contributed by atoms with E-state index in [-0.39, 0.29) is 5.75 Å². The number of phenols is 1. The molecule has 0 amide bonds. The SMILES string of the molecule is COC(C)(C)C#Cc1cnc2c(c1)[C@]1(C=C(N)NC1)c1cc(O)ccc1O2. The molecule has 0 aliphatic carbocycles. The van der Waals surface area contributed by atoms with Crippen LogP contribution < -0.4 is 15.8 Å². The number of phenolic OH excluding ortho intramolecular Hbond substituents is 1. The Hall–Kier alpha value is -3.17. The van der Waals surface area contributed by atoms with Crippen LogP contribution in [0.15, 0.2) is 42.4 Å². The molecule has 0 saturated carbocycles. The number of benzene rings is 1. The summed E-state index contributed by atoms with van der Waals surface area (Å²) >= 11 is 0. The van der Waals surface area contributed by atoms with Crippen LogP contribution in [0.3, 0.4) is 0 Å². The number of aromatic nitrogens is 1. The van der Waals surface area contributed by atoms with Gasteiger partial charge in [-0.2, -0.15) is 0 Å². The smallest absolute Gasteiger partial charge is 0.223 e. The zero-order valence-corrected chi connectivity index (χ0v) is 15.5. The second-order valence-electron chi connectivity index (χ2n) is 7.25. The van der Waals surface area contributed by atoms with Gasteiger partial charge in [0.15, 0.2) is 0 Å². The van der Waals surface area contributed by atoms with Crippen LogP contribution >= 0.6 is 0 Å². The van der Waals surface area contributed by atoms with Crippen molar-refractivity contribution in [3.63, 3.8) is 0 Å². The molecule has 6 nitrogen and oxygen atoms in total. The molecule has 2 aliphatic heterocycles. The molecule has 1 aromatic heterocycles. The van der Waals surface area contributed by atoms with Crippen molar-refractivity contribution in [2.24, 2.45) is 5.73 Å². The molecule has 2 aliphatic rings. The van der Waals surface area contributed by atoms with Crippen LogP contribution in [0.1, 0.15) is 30.5 Å². The lowest BCUT2D eigenvalue weighted by Crippen LogP contribution is -2.34. The molecule has 0 bridgehead atoms. The largest absolute Gasteiger partial charge is 0.508 e. The predicted molar refractivity (Wildman–Crippen MR) is 101 cm³/mol. The number of nitrogens with one attached hydrogen (secondary N) is 1. The summed E-state index contributed by atoms with van der Waals surface area (Å²) < 4.78 is 11.3. The summed E-state index contributed by atoms with van der Waals surface area (Å²) in [5.41, 5.74) is 7.37. The maximum absolute atomic E-state index is 10.0. The van der Waals surface area contributed by atoms with Gasteiger partial charge in [0.1, 0.15) is 17.1 Å². The molecule has 138 valence electrons. The van der Waals surface area contributed by atoms with Gasteiger partial charge in [0.2, 0.25) is 5.88 Å². The van der Waals surface area contributed by atoms with Crippen molar-refractivity contribution in [2.45, 2.75) is 24.9 Å². The Bertz CT molecular complexity index is 1020. The molecule has 1 aromatic carbocycles. The van der Waals surface area contributed by atoms with Crippen molar-refractivity contribution in [1.29, 1.82) is 0 Å². The number of hydrogen-bond donors (Lipinski definition) is 3. The van der Waals surface area contributed by atoms with Crippen LogP contribution in [0.4, 0.5) is 0 Å². The van der Waals surface area contributed by atoms with Crippen molar-refractivity contribution in [2.75, 3.05) is 13.7 Å². The van der Waals surface area contributed by atoms with E-state index < -0.39 is 11.0 Å². The Kier molecular flexibility index (Phi) is 3.79. The zero-order chi connectivity index (χ0) is 19.2. The van der Waals surface area contributed by atoms with Gasteiger partial charge in [0, 0.05) is 36.5 Å². The molecule has 4 N–H and O–H groups in total. The molecule has 1 atom stereocenters. The molecule has 0 fully saturated rings. The summed E-state index contributed by atoms with van der Waals surface area (Å²) in [6.45, 7) is 4.35. The van der Waals surface area contributed by atoms with Crippen molar-refractivity contribution < 1.29 is 14.6 Å². The average molecular weight is 363 g/mol. The fourth-order valence-electron chi connectivity index (χ4n) is 3.36. The fraction of sp³-hybridized carbons (Fsp3) is 0.286. The maximum Gasteiger partial charge on any atom is 0.223 e. The van der Waals surface area contributed by atoms with Crippen LogP contribution in [-0.2, 0) is 10.2 Å². The molecule has 0 saturated heterocycles. The van der Waals surface area contributed by atoms with Gasteiger partial charge in [0.25, 0.3) is 0 Å². The molecule has 0 unspecified atom stereocenters. The predicted octanol–water partition coefficient (Wildman–Crippen LogP) is 2.36. The number of fused-ring (bicyclic) bond motifs is 4. The average Bonchev–Trinajstić information content (AvgIpc) is 3.04. The minimum absolute atomic E-state index is 0.171. The minimum Gasteiger partial charge on any atom is -0.508 e. The first-order chi connectivity index (χ1) is 12.8. The first-order valence-electron chi connectivity index (χ1n) is 8.65. The van der Waals surface area contributed by atoms with E-state index in [9.17, 15) is 5.11 Å². The number of rotatable bonds is 1. The third-order valence-electron chi connectivity index (χ3n) is 4.97. The highest BCUT2D eigenvalue weighted by Gasteiger charge is 2.44. The van der Waals surface area contributed by atoms with Gasteiger partial charge in [-0.25, -0.2) is 4.98 Å². The van der Waals surface area contributed by atoms with E-state index in [4.69, 9.17) is 15.2 Å². The highest BCUT2D eigenvalue weighted by Crippen LogP contribution is 2.50. The lowest BCUT2D eigenvalue weighted by Gasteiger charge is -2.34. The number of hydrogen-bond acceptors (Lipinski definition) is 6. The Balaban J connectivity index is 1.88. The molecule has 1 spiro atoms. The Labute approximate surface area is 158 Å². The van der Waals surface area contributed by atoms with Gasteiger partial charge in [-0.15, -0.1) is 0 Å². The highest BCUT2D eigenvalue weighted by atomic mass is 16.5. The summed E-state index contributed by atoms with van der Waals surface area (Å²) in [7, 11) is 1.63. The van der Waals surface area contributed by atoms with Crippen LogP contribution in [0.2, 0.25) is 0 Å². The van der Waals surface area contributed by atoms with E-state index in [0.717, 1.165) is 16.7 Å². The van der Waals surface area contributed by atoms with E-state index in [1.54, 1.807) is 31.5 Å². The number of aromatic hydroxyl groups is 1. The summed E-state index contributed by atoms with van der Waals surface area (Å²) in [6, 6.07) is 7.01. The number of nitrogens with zero attached hydrogens (tertiary/aromatic N) is 1. The lowest BCUT2D eigenvalue weighted by atomic mass is 9.73. The maximum atomic E-state index is 10.0. The monoisotopic (exact) mass is 363 g/mol. The van der Waals surface area contributed by atoms with E-state index in [0.29, 0.717) is 24.0 Å². The molecule has 27 heavy (non-hydrogen) atoms. The highest BCUT2D eigenvalue weighted by molar-refractivity contribution is 5.63. The summed E-state index contributed by atoms with van der Waals surface area (Å²) in [4.78, 5) is 4.49. The van der Waals surface area contributed by atoms with Gasteiger partial charge >= 0.3 is 0 Å². The van der Waals surface area contributed by atoms with E-state index in [2.05, 4.69) is 22.1 Å². The van der Waals surface area contributed by atoms with Crippen LogP contribution in [0.5, 0.6) is 17.4 Å². The van der Waals surface area contributed by atoms with Crippen LogP contribution in [0.25, 0.3) is 0 Å². The topological polar surface area (TPSA) is 89.6 Å². The van der Waals surface area contributed by atoms with Crippen molar-refractivity contribution in [3.8, 4) is 29.2 Å². The third kappa shape index (κ3) is 2.86. The molecule has 6 heteroatoms. The number of nitrogens with two attached hydrogens (primary N) is 1. The van der Waals surface area contributed by atoms with Crippen LogP contribution in [0, 0.1) is 11.8 Å². The summed E-state index contributed by atoms with van der Waals surface area (Å²) in [5.74, 6) is 8.14. The van der Waals surface area contributed by atoms with E-state index in [1.807, 2.05) is 26.0 Å². The summed E-state index contributed by atoms with van der Waals surface area (Å²) in [6.07, 6.45) is 3.64. The fourth-order valence-corrected chi connectivity index (χ4v) is 3.36. The van der Waals surface area contributed by atoms with Crippen LogP contribution in [-0.4, -0.2) is 29.3 Å². The Morgan fingerprint density at radius 3 is 2.85 bits per heavy atom. The standard InChI is InChI=1S/C21H21N3O3/c1-20(2,26-3)7-6-13-8-16-19(23-11-13)27-17-5-4-14(25)9-15(17)21(16)10-18(22)24-12-21/h4-5,8-11,24-25H,12,22H2,1-3H3/t21-/m0/s1. The first-order valence-corrected chi connectivity index (χ1v) is 8.65. The minimum atomic E-state index is -0.576. The second-order valence-corrected chi connectivity index (χ2v) is 7.25. The lowest BCUT2D eigenvalue weighted by molar-refractivity contribution is 0.0742. The quantitative estimate of drug-likeness (QED) is 0.674. The number of ether oxygens (including phenoxy) is 2. The van der Waals surface area contributed by atoms with Crippen molar-refractivity contribution in [1.82, 2.24) is 10.3 Å². The van der Waals surface area contributed by atoms with Crippen molar-refractivity contribution in [3.05, 3.63) is 59.0 Å². The van der Waals surface area contributed by atoms with E-state index >= 15 is 0 Å². The zero-order valence-electron chi connectivity index (χ0n) is 15.5. The first kappa shape index (κ1) is 17.3. The molecular weight excluding hydrogens is 342 g/mol. The van der Waals surface area contributed by atoms with E-state index in [1.165, 1.54) is 0 Å². The van der Waals surface area contributed by atoms with Crippen molar-refractivity contribution >= 4 is 0 Å². The van der Waals surface area contributed by atoms with Gasteiger partial charge in [-0.3, -0.25) is 0 Å². The number of pyridine rings is 1. The number of methoxy groups -OCH3 is 1. The second kappa shape index (κ2) is 5.93.